The smallest absolute Gasteiger partial charge is 0.854 e. The minimum Gasteiger partial charge on any atom is -0.854 e. The molecule has 0 fully saturated rings. The summed E-state index contributed by atoms with van der Waals surface area (Å²) in [5.74, 6) is 0. The minimum absolute atomic E-state index is 0. The first kappa shape index (κ1) is 40.2. The zero-order chi connectivity index (χ0) is 18.7. The van der Waals surface area contributed by atoms with Crippen LogP contribution in [0.2, 0.25) is 0 Å². The molecule has 4 nitrogen and oxygen atoms in total. The van der Waals surface area contributed by atoms with Gasteiger partial charge in [-0.15, -0.1) is 24.4 Å². The molecule has 0 atom stereocenters. The molecule has 0 aliphatic rings. The van der Waals surface area contributed by atoms with Crippen LogP contribution in [-0.2, 0) is 0 Å². The van der Waals surface area contributed by atoms with Crippen LogP contribution in [0.3, 0.4) is 0 Å². The normalized spacial score (nSPS) is 9.50. The van der Waals surface area contributed by atoms with Crippen LogP contribution in [0.4, 0.5) is 0 Å². The Morgan fingerprint density at radius 2 is 0.708 bits per heavy atom. The largest absolute Gasteiger partial charge is 2.00 e. The maximum atomic E-state index is 10.1. The first-order valence-electron chi connectivity index (χ1n) is 8.40. The summed E-state index contributed by atoms with van der Waals surface area (Å²) in [6.45, 7) is 14.2. The molecule has 0 unspecified atom stereocenters. The average Bonchev–Trinajstić information content (AvgIpc) is 2.30. The molecule has 0 aromatic rings. The first-order chi connectivity index (χ1) is 9.83. The summed E-state index contributed by atoms with van der Waals surface area (Å²) in [6, 6.07) is 0. The summed E-state index contributed by atoms with van der Waals surface area (Å²) < 4.78 is 0. The zero-order valence-corrected chi connectivity index (χ0v) is 20.5. The molecular weight excluding hydrogens is 329 g/mol. The first-order valence-corrected chi connectivity index (χ1v) is 8.40. The molecule has 0 spiro atoms. The number of hydrogen-bond donors (Lipinski definition) is 0. The predicted octanol–water partition coefficient (Wildman–Crippen LogP) is 0.603. The summed E-state index contributed by atoms with van der Waals surface area (Å²) >= 11 is 0. The van der Waals surface area contributed by atoms with Crippen LogP contribution in [-0.4, -0.2) is 70.5 Å². The van der Waals surface area contributed by atoms with E-state index < -0.39 is 11.2 Å². The Morgan fingerprint density at radius 3 is 0.750 bits per heavy atom. The van der Waals surface area contributed by atoms with E-state index in [2.05, 4.69) is 13.8 Å². The molecule has 140 valence electrons. The van der Waals surface area contributed by atoms with Crippen molar-refractivity contribution in [2.45, 2.75) is 105 Å². The van der Waals surface area contributed by atoms with Crippen LogP contribution >= 0.6 is 0 Å². The Morgan fingerprint density at radius 1 is 0.542 bits per heavy atom. The summed E-state index contributed by atoms with van der Waals surface area (Å²) in [7, 11) is 0. The average molecular weight is 369 g/mol. The molecule has 0 radical (unpaired) electrons. The molecular formula is C18H40Mg2O4. The molecule has 0 saturated carbocycles. The van der Waals surface area contributed by atoms with E-state index in [0.717, 1.165) is 38.5 Å². The fourth-order valence-corrected chi connectivity index (χ4v) is 0.704. The van der Waals surface area contributed by atoms with Gasteiger partial charge >= 0.3 is 46.1 Å². The van der Waals surface area contributed by atoms with Crippen molar-refractivity contribution in [2.75, 3.05) is 13.2 Å². The van der Waals surface area contributed by atoms with Crippen LogP contribution in [0.25, 0.3) is 0 Å². The monoisotopic (exact) mass is 368 g/mol. The van der Waals surface area contributed by atoms with Crippen LogP contribution in [0.1, 0.15) is 93.9 Å². The van der Waals surface area contributed by atoms with E-state index >= 15 is 0 Å². The number of unbranched alkanes of at least 4 members (excludes halogenated alkanes) is 4. The Labute approximate surface area is 184 Å². The molecule has 0 rings (SSSR count). The van der Waals surface area contributed by atoms with E-state index in [-0.39, 0.29) is 59.3 Å². The van der Waals surface area contributed by atoms with Gasteiger partial charge in [-0.1, -0.05) is 93.9 Å². The van der Waals surface area contributed by atoms with E-state index in [0.29, 0.717) is 0 Å². The second-order valence-corrected chi connectivity index (χ2v) is 7.05. The summed E-state index contributed by atoms with van der Waals surface area (Å²) in [5.41, 5.74) is -1.50. The molecule has 0 aromatic carbocycles. The predicted molar refractivity (Wildman–Crippen MR) is 99.8 cm³/mol. The van der Waals surface area contributed by atoms with E-state index in [1.54, 1.807) is 41.5 Å². The van der Waals surface area contributed by atoms with E-state index in [9.17, 15) is 20.4 Å². The van der Waals surface area contributed by atoms with Gasteiger partial charge in [0.05, 0.1) is 0 Å². The van der Waals surface area contributed by atoms with Gasteiger partial charge in [0, 0.05) is 0 Å². The fourth-order valence-electron chi connectivity index (χ4n) is 0.704. The Hall–Kier alpha value is 1.37. The summed E-state index contributed by atoms with van der Waals surface area (Å²) in [5, 5.41) is 39.6. The van der Waals surface area contributed by atoms with Gasteiger partial charge in [-0.25, -0.2) is 0 Å². The third kappa shape index (κ3) is 215. The van der Waals surface area contributed by atoms with Crippen LogP contribution < -0.4 is 20.4 Å². The minimum atomic E-state index is -0.750. The quantitative estimate of drug-likeness (QED) is 0.507. The van der Waals surface area contributed by atoms with Gasteiger partial charge in [-0.05, 0) is 0 Å². The van der Waals surface area contributed by atoms with Crippen molar-refractivity contribution in [3.63, 3.8) is 0 Å². The van der Waals surface area contributed by atoms with Crippen LogP contribution in [0.5, 0.6) is 0 Å². The second-order valence-electron chi connectivity index (χ2n) is 7.05. The molecule has 0 heterocycles. The number of hydrogen-bond acceptors (Lipinski definition) is 4. The standard InChI is InChI=1S/2C5H11O.2C4H9O.2Mg/c2*1-2-3-4-5-6;2*1-4(2,3)5;;/h2*2-5H2,1H3;2*1-3H3;;/q4*-1;2*+2. The Bertz CT molecular complexity index is 139. The molecule has 6 heteroatoms. The summed E-state index contributed by atoms with van der Waals surface area (Å²) in [4.78, 5) is 0. The van der Waals surface area contributed by atoms with Gasteiger partial charge in [0.2, 0.25) is 0 Å². The molecule has 0 saturated heterocycles. The van der Waals surface area contributed by atoms with Crippen molar-refractivity contribution in [3.8, 4) is 0 Å². The molecule has 0 N–H and O–H groups in total. The second kappa shape index (κ2) is 29.1. The van der Waals surface area contributed by atoms with Gasteiger partial charge in [0.1, 0.15) is 0 Å². The van der Waals surface area contributed by atoms with Gasteiger partial charge in [0.15, 0.2) is 0 Å². The van der Waals surface area contributed by atoms with Crippen molar-refractivity contribution in [3.05, 3.63) is 0 Å². The van der Waals surface area contributed by atoms with Gasteiger partial charge in [-0.2, -0.15) is 0 Å². The Balaban J connectivity index is -0.0000000439. The van der Waals surface area contributed by atoms with Crippen molar-refractivity contribution in [1.82, 2.24) is 0 Å². The van der Waals surface area contributed by atoms with Crippen molar-refractivity contribution < 1.29 is 20.4 Å². The molecule has 0 bridgehead atoms. The van der Waals surface area contributed by atoms with Gasteiger partial charge < -0.3 is 20.4 Å². The molecule has 0 aliphatic carbocycles. The third-order valence-electron chi connectivity index (χ3n) is 1.50. The van der Waals surface area contributed by atoms with Crippen LogP contribution in [0, 0.1) is 0 Å². The molecule has 0 aliphatic heterocycles. The molecule has 0 aromatic heterocycles. The number of rotatable bonds is 6. The summed E-state index contributed by atoms with van der Waals surface area (Å²) in [6.07, 6.45) is 6.23. The maximum absolute atomic E-state index is 10.1. The molecule has 24 heavy (non-hydrogen) atoms. The van der Waals surface area contributed by atoms with E-state index in [1.165, 1.54) is 0 Å². The zero-order valence-electron chi connectivity index (χ0n) is 17.7. The fraction of sp³-hybridized carbons (Fsp3) is 1.00. The van der Waals surface area contributed by atoms with Crippen molar-refractivity contribution >= 4 is 46.1 Å². The van der Waals surface area contributed by atoms with Gasteiger partial charge in [-0.3, -0.25) is 0 Å². The van der Waals surface area contributed by atoms with Crippen LogP contribution in [0.15, 0.2) is 0 Å². The maximum Gasteiger partial charge on any atom is 2.00 e. The van der Waals surface area contributed by atoms with Gasteiger partial charge in [0.25, 0.3) is 0 Å². The SMILES string of the molecule is CC(C)(C)[O-].CC(C)(C)[O-].CCCCC[O-].CCCCC[O-].[Mg+2].[Mg+2]. The third-order valence-corrected chi connectivity index (χ3v) is 1.50. The van der Waals surface area contributed by atoms with Crippen molar-refractivity contribution in [1.29, 1.82) is 0 Å². The van der Waals surface area contributed by atoms with E-state index in [4.69, 9.17) is 0 Å². The van der Waals surface area contributed by atoms with E-state index in [1.807, 2.05) is 0 Å². The molecule has 0 amide bonds. The Kier molecular flexibility index (Phi) is 48.8. The van der Waals surface area contributed by atoms with Crippen molar-refractivity contribution in [2.24, 2.45) is 0 Å². The topological polar surface area (TPSA) is 92.2 Å².